The molecule has 0 spiro atoms. The second kappa shape index (κ2) is 13.6. The number of carbonyl (C=O) groups excluding carboxylic acids is 1. The summed E-state index contributed by atoms with van der Waals surface area (Å²) in [5.74, 6) is -1.07. The number of rotatable bonds is 12. The smallest absolute Gasteiger partial charge is 0.422 e. The lowest BCUT2D eigenvalue weighted by Crippen LogP contribution is -2.38. The zero-order chi connectivity index (χ0) is 33.1. The van der Waals surface area contributed by atoms with Crippen molar-refractivity contribution in [1.29, 1.82) is 0 Å². The quantitative estimate of drug-likeness (QED) is 0.163. The van der Waals surface area contributed by atoms with Gasteiger partial charge in [-0.05, 0) is 65.2 Å². The number of likely N-dealkylation sites (N-methyl/N-ethyl adjacent to an activating group) is 2. The molecule has 1 amide bonds. The van der Waals surface area contributed by atoms with Gasteiger partial charge < -0.3 is 35.4 Å². The van der Waals surface area contributed by atoms with Crippen LogP contribution in [0.15, 0.2) is 49.2 Å². The topological polar surface area (TPSA) is 97.9 Å². The molecule has 0 saturated heterocycles. The van der Waals surface area contributed by atoms with Crippen LogP contribution >= 0.6 is 0 Å². The van der Waals surface area contributed by atoms with Gasteiger partial charge in [0.25, 0.3) is 0 Å². The Hall–Kier alpha value is -4.59. The Morgan fingerprint density at radius 3 is 2.56 bits per heavy atom. The molecule has 2 heterocycles. The largest absolute Gasteiger partial charge is 0.482 e. The molecule has 1 aliphatic rings. The average molecular weight is 631 g/mol. The van der Waals surface area contributed by atoms with E-state index in [1.54, 1.807) is 18.0 Å². The Balaban J connectivity index is 1.75. The number of benzene rings is 2. The standard InChI is InChI=1S/C31H38F4N8O2/c1-8-28(44)38-23-15-24(27(45-17-31(33,34)35)16-25(23)42(7)12-11-41(5)6)40-30-36-10-9-22(39-30)20-13-21(32)29-26(14-20)43(18(2)3)19(4)37-29/h8-10,13-16,18-19,37H,1,11-12,17H2,2-7H3,(H,38,44)(H,36,39,40). The summed E-state index contributed by atoms with van der Waals surface area (Å²) in [4.78, 5) is 26.9. The van der Waals surface area contributed by atoms with Gasteiger partial charge in [-0.2, -0.15) is 13.2 Å². The summed E-state index contributed by atoms with van der Waals surface area (Å²) in [5.41, 5.74) is 2.78. The van der Waals surface area contributed by atoms with Gasteiger partial charge in [-0.25, -0.2) is 14.4 Å². The van der Waals surface area contributed by atoms with Crippen LogP contribution < -0.4 is 30.5 Å². The van der Waals surface area contributed by atoms with Crippen LogP contribution in [0.1, 0.15) is 20.8 Å². The molecule has 0 radical (unpaired) electrons. The average Bonchev–Trinajstić information content (AvgIpc) is 3.31. The Kier molecular flexibility index (Phi) is 10.1. The maximum atomic E-state index is 15.2. The van der Waals surface area contributed by atoms with Crippen LogP contribution in [0.25, 0.3) is 11.3 Å². The van der Waals surface area contributed by atoms with Crippen molar-refractivity contribution in [3.8, 4) is 17.0 Å². The predicted octanol–water partition coefficient (Wildman–Crippen LogP) is 6.08. The van der Waals surface area contributed by atoms with Crippen LogP contribution in [0, 0.1) is 5.82 Å². The maximum absolute atomic E-state index is 15.2. The second-order valence-corrected chi connectivity index (χ2v) is 11.3. The third-order valence-electron chi connectivity index (χ3n) is 7.10. The summed E-state index contributed by atoms with van der Waals surface area (Å²) in [6.07, 6.45) is -2.17. The number of aromatic nitrogens is 2. The molecular weight excluding hydrogens is 592 g/mol. The maximum Gasteiger partial charge on any atom is 0.422 e. The van der Waals surface area contributed by atoms with Crippen molar-refractivity contribution in [2.45, 2.75) is 39.2 Å². The Labute approximate surface area is 260 Å². The number of nitrogens with one attached hydrogen (secondary N) is 3. The molecule has 0 fully saturated rings. The number of ether oxygens (including phenoxy) is 1. The number of hydrogen-bond acceptors (Lipinski definition) is 9. The minimum Gasteiger partial charge on any atom is -0.482 e. The molecule has 0 saturated carbocycles. The highest BCUT2D eigenvalue weighted by atomic mass is 19.4. The summed E-state index contributed by atoms with van der Waals surface area (Å²) >= 11 is 0. The van der Waals surface area contributed by atoms with Crippen molar-refractivity contribution in [2.24, 2.45) is 0 Å². The van der Waals surface area contributed by atoms with E-state index in [9.17, 15) is 18.0 Å². The van der Waals surface area contributed by atoms with E-state index < -0.39 is 24.5 Å². The number of fused-ring (bicyclic) bond motifs is 1. The SMILES string of the molecule is C=CC(=O)Nc1cc(Nc2nccc(-c3cc(F)c4c(c3)N(C(C)C)C(C)N4)n2)c(OCC(F)(F)F)cc1N(C)CCN(C)C. The summed E-state index contributed by atoms with van der Waals surface area (Å²) in [7, 11) is 5.53. The zero-order valence-electron chi connectivity index (χ0n) is 26.1. The van der Waals surface area contributed by atoms with E-state index in [4.69, 9.17) is 4.74 Å². The number of halogens is 4. The molecule has 45 heavy (non-hydrogen) atoms. The second-order valence-electron chi connectivity index (χ2n) is 11.3. The molecule has 1 unspecified atom stereocenters. The van der Waals surface area contributed by atoms with Crippen LogP contribution in [0.2, 0.25) is 0 Å². The fourth-order valence-electron chi connectivity index (χ4n) is 5.02. The van der Waals surface area contributed by atoms with Crippen molar-refractivity contribution in [3.05, 3.63) is 55.0 Å². The lowest BCUT2D eigenvalue weighted by atomic mass is 10.1. The Bertz CT molecular complexity index is 1550. The molecule has 4 rings (SSSR count). The molecule has 1 aromatic heterocycles. The highest BCUT2D eigenvalue weighted by Gasteiger charge is 2.31. The summed E-state index contributed by atoms with van der Waals surface area (Å²) < 4.78 is 60.2. The first-order valence-corrected chi connectivity index (χ1v) is 14.3. The first-order chi connectivity index (χ1) is 21.2. The number of anilines is 6. The molecule has 10 nitrogen and oxygen atoms in total. The summed E-state index contributed by atoms with van der Waals surface area (Å²) in [5, 5.41) is 8.82. The van der Waals surface area contributed by atoms with Gasteiger partial charge in [0.05, 0.1) is 40.3 Å². The molecule has 3 N–H and O–H groups in total. The van der Waals surface area contributed by atoms with Gasteiger partial charge in [0.15, 0.2) is 6.61 Å². The van der Waals surface area contributed by atoms with Crippen molar-refractivity contribution >= 4 is 40.3 Å². The monoisotopic (exact) mass is 630 g/mol. The van der Waals surface area contributed by atoms with Gasteiger partial charge in [-0.3, -0.25) is 4.79 Å². The summed E-state index contributed by atoms with van der Waals surface area (Å²) in [6.45, 7) is 9.05. The normalized spacial score (nSPS) is 14.3. The molecular formula is C31H38F4N8O2. The number of alkyl halides is 3. The molecule has 2 aromatic carbocycles. The van der Waals surface area contributed by atoms with E-state index in [1.807, 2.05) is 45.8 Å². The summed E-state index contributed by atoms with van der Waals surface area (Å²) in [6, 6.07) is 7.77. The number of carbonyl (C=O) groups is 1. The van der Waals surface area contributed by atoms with Crippen LogP contribution in [0.3, 0.4) is 0 Å². The molecule has 14 heteroatoms. The van der Waals surface area contributed by atoms with Gasteiger partial charge in [0.1, 0.15) is 11.6 Å². The van der Waals surface area contributed by atoms with E-state index >= 15 is 4.39 Å². The number of amides is 1. The number of nitrogens with zero attached hydrogens (tertiary/aromatic N) is 5. The lowest BCUT2D eigenvalue weighted by molar-refractivity contribution is -0.153. The molecule has 3 aromatic rings. The van der Waals surface area contributed by atoms with Gasteiger partial charge >= 0.3 is 6.18 Å². The minimum absolute atomic E-state index is 0.0205. The fraction of sp³-hybridized carbons (Fsp3) is 0.387. The fourth-order valence-corrected chi connectivity index (χ4v) is 5.02. The third-order valence-corrected chi connectivity index (χ3v) is 7.10. The van der Waals surface area contributed by atoms with Gasteiger partial charge in [0.2, 0.25) is 11.9 Å². The van der Waals surface area contributed by atoms with Crippen LogP contribution in [-0.4, -0.2) is 80.0 Å². The molecule has 1 atom stereocenters. The molecule has 0 aliphatic carbocycles. The Morgan fingerprint density at radius 1 is 1.18 bits per heavy atom. The predicted molar refractivity (Wildman–Crippen MR) is 170 cm³/mol. The van der Waals surface area contributed by atoms with Crippen molar-refractivity contribution in [1.82, 2.24) is 14.9 Å². The Morgan fingerprint density at radius 2 is 1.91 bits per heavy atom. The lowest BCUT2D eigenvalue weighted by Gasteiger charge is -2.28. The van der Waals surface area contributed by atoms with E-state index in [2.05, 4.69) is 37.4 Å². The van der Waals surface area contributed by atoms with Gasteiger partial charge in [-0.15, -0.1) is 0 Å². The van der Waals surface area contributed by atoms with Gasteiger partial charge in [0, 0.05) is 44.0 Å². The van der Waals surface area contributed by atoms with E-state index in [1.165, 1.54) is 24.4 Å². The molecule has 1 aliphatic heterocycles. The first-order valence-electron chi connectivity index (χ1n) is 14.3. The third kappa shape index (κ3) is 8.12. The molecule has 0 bridgehead atoms. The highest BCUT2D eigenvalue weighted by molar-refractivity contribution is 6.02. The van der Waals surface area contributed by atoms with Crippen molar-refractivity contribution in [3.63, 3.8) is 0 Å². The van der Waals surface area contributed by atoms with Crippen molar-refractivity contribution < 1.29 is 27.1 Å². The van der Waals surface area contributed by atoms with E-state index in [0.717, 1.165) is 6.08 Å². The molecule has 242 valence electrons. The highest BCUT2D eigenvalue weighted by Crippen LogP contribution is 2.42. The van der Waals surface area contributed by atoms with Crippen molar-refractivity contribution in [2.75, 3.05) is 66.6 Å². The van der Waals surface area contributed by atoms with Crippen LogP contribution in [0.5, 0.6) is 5.75 Å². The minimum atomic E-state index is -4.60. The van der Waals surface area contributed by atoms with E-state index in [0.29, 0.717) is 47.1 Å². The van der Waals surface area contributed by atoms with Crippen LogP contribution in [0.4, 0.5) is 51.9 Å². The van der Waals surface area contributed by atoms with E-state index in [-0.39, 0.29) is 29.6 Å². The van der Waals surface area contributed by atoms with Crippen LogP contribution in [-0.2, 0) is 4.79 Å². The van der Waals surface area contributed by atoms with Gasteiger partial charge in [-0.1, -0.05) is 6.58 Å². The first kappa shape index (κ1) is 33.3. The number of hydrogen-bond donors (Lipinski definition) is 3. The zero-order valence-corrected chi connectivity index (χ0v) is 26.1.